The first-order valence-electron chi connectivity index (χ1n) is 6.33. The number of rotatable bonds is 3. The molecule has 0 radical (unpaired) electrons. The second-order valence-electron chi connectivity index (χ2n) is 4.91. The molecule has 0 aromatic carbocycles. The Kier molecular flexibility index (Phi) is 3.14. The van der Waals surface area contributed by atoms with E-state index < -0.39 is 11.9 Å². The molecule has 1 saturated heterocycles. The van der Waals surface area contributed by atoms with Crippen molar-refractivity contribution in [1.29, 1.82) is 0 Å². The van der Waals surface area contributed by atoms with Crippen molar-refractivity contribution in [1.82, 2.24) is 9.88 Å². The van der Waals surface area contributed by atoms with Crippen LogP contribution in [0.3, 0.4) is 0 Å². The van der Waals surface area contributed by atoms with Crippen LogP contribution in [0, 0.1) is 11.8 Å². The van der Waals surface area contributed by atoms with Gasteiger partial charge in [0.05, 0.1) is 11.8 Å². The highest BCUT2D eigenvalue weighted by atomic mass is 32.1. The van der Waals surface area contributed by atoms with Gasteiger partial charge in [-0.2, -0.15) is 0 Å². The average Bonchev–Trinajstić information content (AvgIpc) is 3.05. The molecule has 2 unspecified atom stereocenters. The van der Waals surface area contributed by atoms with E-state index in [4.69, 9.17) is 5.11 Å². The van der Waals surface area contributed by atoms with Crippen molar-refractivity contribution in [2.45, 2.75) is 6.42 Å². The van der Waals surface area contributed by atoms with Crippen molar-refractivity contribution < 1.29 is 14.7 Å². The standard InChI is InChI=1S/C12H15N3O3S/c16-10(8-7-9(8)11(17)18)14-2-4-15(5-3-14)12-13-1-6-19-12/h1,6,8-9H,2-5,7H2,(H,17,18). The van der Waals surface area contributed by atoms with Crippen LogP contribution in [0.5, 0.6) is 0 Å². The molecule has 7 heteroatoms. The number of thiazole rings is 1. The minimum Gasteiger partial charge on any atom is -0.481 e. The van der Waals surface area contributed by atoms with E-state index >= 15 is 0 Å². The molecule has 1 aromatic heterocycles. The topological polar surface area (TPSA) is 73.7 Å². The highest BCUT2D eigenvalue weighted by Gasteiger charge is 2.50. The van der Waals surface area contributed by atoms with E-state index in [2.05, 4.69) is 9.88 Å². The Morgan fingerprint density at radius 2 is 2.00 bits per heavy atom. The summed E-state index contributed by atoms with van der Waals surface area (Å²) in [6, 6.07) is 0. The van der Waals surface area contributed by atoms with Crippen molar-refractivity contribution in [3.63, 3.8) is 0 Å². The molecule has 0 bridgehead atoms. The summed E-state index contributed by atoms with van der Waals surface area (Å²) in [6.45, 7) is 2.84. The fraction of sp³-hybridized carbons (Fsp3) is 0.583. The number of piperazine rings is 1. The average molecular weight is 281 g/mol. The first-order valence-corrected chi connectivity index (χ1v) is 7.21. The molecule has 1 saturated carbocycles. The lowest BCUT2D eigenvalue weighted by Gasteiger charge is -2.34. The van der Waals surface area contributed by atoms with E-state index in [1.54, 1.807) is 22.4 Å². The van der Waals surface area contributed by atoms with Crippen LogP contribution in [-0.2, 0) is 9.59 Å². The van der Waals surface area contributed by atoms with Crippen LogP contribution in [0.1, 0.15) is 6.42 Å². The van der Waals surface area contributed by atoms with Crippen LogP contribution in [0.4, 0.5) is 5.13 Å². The number of carboxylic acid groups (broad SMARTS) is 1. The van der Waals surface area contributed by atoms with Crippen LogP contribution in [0.15, 0.2) is 11.6 Å². The number of hydrogen-bond donors (Lipinski definition) is 1. The molecule has 19 heavy (non-hydrogen) atoms. The molecule has 6 nitrogen and oxygen atoms in total. The quantitative estimate of drug-likeness (QED) is 0.874. The molecular formula is C12H15N3O3S. The van der Waals surface area contributed by atoms with Crippen molar-refractivity contribution in [2.24, 2.45) is 11.8 Å². The van der Waals surface area contributed by atoms with E-state index in [0.717, 1.165) is 18.2 Å². The summed E-state index contributed by atoms with van der Waals surface area (Å²) in [5, 5.41) is 11.8. The Balaban J connectivity index is 1.53. The number of nitrogens with zero attached hydrogens (tertiary/aromatic N) is 3. The van der Waals surface area contributed by atoms with Gasteiger partial charge in [0, 0.05) is 37.8 Å². The maximum absolute atomic E-state index is 12.1. The van der Waals surface area contributed by atoms with E-state index in [1.165, 1.54) is 0 Å². The van der Waals surface area contributed by atoms with E-state index in [9.17, 15) is 9.59 Å². The van der Waals surface area contributed by atoms with Gasteiger partial charge in [-0.1, -0.05) is 0 Å². The van der Waals surface area contributed by atoms with Gasteiger partial charge in [0.25, 0.3) is 0 Å². The van der Waals surface area contributed by atoms with Gasteiger partial charge in [0.15, 0.2) is 5.13 Å². The second-order valence-corrected chi connectivity index (χ2v) is 5.79. The molecule has 3 rings (SSSR count). The molecule has 1 aromatic rings. The molecule has 2 atom stereocenters. The predicted octanol–water partition coefficient (Wildman–Crippen LogP) is 0.512. The molecule has 2 aliphatic rings. The lowest BCUT2D eigenvalue weighted by Crippen LogP contribution is -2.49. The third-order valence-corrected chi connectivity index (χ3v) is 4.54. The van der Waals surface area contributed by atoms with E-state index in [0.29, 0.717) is 19.5 Å². The Labute approximate surface area is 114 Å². The van der Waals surface area contributed by atoms with Crippen molar-refractivity contribution >= 4 is 28.3 Å². The first-order chi connectivity index (χ1) is 9.16. The third kappa shape index (κ3) is 2.42. The summed E-state index contributed by atoms with van der Waals surface area (Å²) in [5.41, 5.74) is 0. The minimum absolute atomic E-state index is 0.00573. The van der Waals surface area contributed by atoms with Crippen LogP contribution >= 0.6 is 11.3 Å². The number of aliphatic carboxylic acids is 1. The molecule has 2 heterocycles. The molecule has 102 valence electrons. The highest BCUT2D eigenvalue weighted by Crippen LogP contribution is 2.40. The van der Waals surface area contributed by atoms with Gasteiger partial charge in [-0.25, -0.2) is 4.98 Å². The Bertz CT molecular complexity index is 482. The summed E-state index contributed by atoms with van der Waals surface area (Å²) in [7, 11) is 0. The summed E-state index contributed by atoms with van der Waals surface area (Å²) in [5.74, 6) is -1.58. The number of amides is 1. The zero-order valence-electron chi connectivity index (χ0n) is 10.4. The summed E-state index contributed by atoms with van der Waals surface area (Å²) < 4.78 is 0. The van der Waals surface area contributed by atoms with Gasteiger partial charge in [-0.15, -0.1) is 11.3 Å². The van der Waals surface area contributed by atoms with Crippen LogP contribution in [0.25, 0.3) is 0 Å². The fourth-order valence-corrected chi connectivity index (χ4v) is 3.16. The van der Waals surface area contributed by atoms with Crippen molar-refractivity contribution in [3.05, 3.63) is 11.6 Å². The monoisotopic (exact) mass is 281 g/mol. The molecule has 1 aliphatic heterocycles. The van der Waals surface area contributed by atoms with Crippen LogP contribution in [-0.4, -0.2) is 53.0 Å². The Morgan fingerprint density at radius 1 is 1.26 bits per heavy atom. The SMILES string of the molecule is O=C(O)C1CC1C(=O)N1CCN(c2nccs2)CC1. The smallest absolute Gasteiger partial charge is 0.307 e. The van der Waals surface area contributed by atoms with Crippen LogP contribution in [0.2, 0.25) is 0 Å². The molecular weight excluding hydrogens is 266 g/mol. The maximum atomic E-state index is 12.1. The normalized spacial score (nSPS) is 26.3. The summed E-state index contributed by atoms with van der Waals surface area (Å²) in [4.78, 5) is 31.1. The lowest BCUT2D eigenvalue weighted by atomic mass is 10.2. The minimum atomic E-state index is -0.847. The maximum Gasteiger partial charge on any atom is 0.307 e. The van der Waals surface area contributed by atoms with Gasteiger partial charge in [-0.3, -0.25) is 9.59 Å². The first kappa shape index (κ1) is 12.4. The van der Waals surface area contributed by atoms with E-state index in [1.807, 2.05) is 5.38 Å². The van der Waals surface area contributed by atoms with Gasteiger partial charge in [-0.05, 0) is 6.42 Å². The molecule has 2 fully saturated rings. The zero-order valence-corrected chi connectivity index (χ0v) is 11.2. The van der Waals surface area contributed by atoms with Gasteiger partial charge in [0.2, 0.25) is 5.91 Å². The third-order valence-electron chi connectivity index (χ3n) is 3.71. The fourth-order valence-electron chi connectivity index (χ4n) is 2.47. The molecule has 0 spiro atoms. The molecule has 1 amide bonds. The number of carbonyl (C=O) groups is 2. The van der Waals surface area contributed by atoms with Crippen molar-refractivity contribution in [3.8, 4) is 0 Å². The van der Waals surface area contributed by atoms with Gasteiger partial charge >= 0.3 is 5.97 Å². The second kappa shape index (κ2) is 4.80. The predicted molar refractivity (Wildman–Crippen MR) is 70.1 cm³/mol. The highest BCUT2D eigenvalue weighted by molar-refractivity contribution is 7.13. The largest absolute Gasteiger partial charge is 0.481 e. The van der Waals surface area contributed by atoms with Crippen molar-refractivity contribution in [2.75, 3.05) is 31.1 Å². The molecule has 1 N–H and O–H groups in total. The van der Waals surface area contributed by atoms with Gasteiger partial charge < -0.3 is 14.9 Å². The van der Waals surface area contributed by atoms with Gasteiger partial charge in [0.1, 0.15) is 0 Å². The number of hydrogen-bond acceptors (Lipinski definition) is 5. The number of carbonyl (C=O) groups excluding carboxylic acids is 1. The summed E-state index contributed by atoms with van der Waals surface area (Å²) >= 11 is 1.60. The zero-order chi connectivity index (χ0) is 13.4. The Morgan fingerprint density at radius 3 is 2.53 bits per heavy atom. The number of carboxylic acids is 1. The molecule has 1 aliphatic carbocycles. The van der Waals surface area contributed by atoms with Crippen LogP contribution < -0.4 is 4.90 Å². The lowest BCUT2D eigenvalue weighted by molar-refractivity contribution is -0.142. The Hall–Kier alpha value is -1.63. The number of aromatic nitrogens is 1. The number of anilines is 1. The summed E-state index contributed by atoms with van der Waals surface area (Å²) in [6.07, 6.45) is 2.28. The van der Waals surface area contributed by atoms with E-state index in [-0.39, 0.29) is 11.8 Å².